The van der Waals surface area contributed by atoms with E-state index in [2.05, 4.69) is 15.1 Å². The van der Waals surface area contributed by atoms with Crippen molar-refractivity contribution in [2.24, 2.45) is 5.73 Å². The topological polar surface area (TPSA) is 136 Å². The van der Waals surface area contributed by atoms with Gasteiger partial charge in [-0.3, -0.25) is 9.59 Å². The van der Waals surface area contributed by atoms with Crippen LogP contribution < -0.4 is 25.4 Å². The van der Waals surface area contributed by atoms with Crippen LogP contribution in [0.4, 0.5) is 17.6 Å². The number of amides is 2. The summed E-state index contributed by atoms with van der Waals surface area (Å²) < 4.78 is 67.2. The van der Waals surface area contributed by atoms with Gasteiger partial charge in [0.1, 0.15) is 5.82 Å². The number of benzene rings is 2. The second kappa shape index (κ2) is 12.3. The summed E-state index contributed by atoms with van der Waals surface area (Å²) in [5, 5.41) is 13.1. The lowest BCUT2D eigenvalue weighted by Gasteiger charge is -2.32. The molecule has 0 aliphatic heterocycles. The normalized spacial score (nSPS) is 13.3. The van der Waals surface area contributed by atoms with Crippen LogP contribution in [-0.2, 0) is 15.9 Å². The maximum absolute atomic E-state index is 14.5. The van der Waals surface area contributed by atoms with Crippen molar-refractivity contribution in [3.63, 3.8) is 0 Å². The lowest BCUT2D eigenvalue weighted by Crippen LogP contribution is -2.51. The first-order valence-corrected chi connectivity index (χ1v) is 12.3. The molecule has 0 aliphatic carbocycles. The van der Waals surface area contributed by atoms with E-state index in [-0.39, 0.29) is 33.9 Å². The summed E-state index contributed by atoms with van der Waals surface area (Å²) >= 11 is 5.84. The maximum atomic E-state index is 14.5. The lowest BCUT2D eigenvalue weighted by atomic mass is 9.89. The van der Waals surface area contributed by atoms with Crippen molar-refractivity contribution < 1.29 is 41.7 Å². The number of pyridine rings is 1. The summed E-state index contributed by atoms with van der Waals surface area (Å²) in [5.74, 6) is -2.22. The van der Waals surface area contributed by atoms with Crippen molar-refractivity contribution in [1.29, 1.82) is 0 Å². The highest BCUT2D eigenvalue weighted by molar-refractivity contribution is 6.13. The number of primary amides is 1. The summed E-state index contributed by atoms with van der Waals surface area (Å²) in [6, 6.07) is 11.0. The molecule has 1 aromatic heterocycles. The fourth-order valence-corrected chi connectivity index (χ4v) is 3.76. The highest BCUT2D eigenvalue weighted by atomic mass is 35.5. The molecule has 0 unspecified atom stereocenters. The number of alkyl halides is 3. The van der Waals surface area contributed by atoms with Gasteiger partial charge in [0.15, 0.2) is 18.1 Å². The lowest BCUT2D eigenvalue weighted by molar-refractivity contribution is -0.265. The summed E-state index contributed by atoms with van der Waals surface area (Å²) in [6.07, 6.45) is -5.30. The van der Waals surface area contributed by atoms with Gasteiger partial charge in [-0.15, -0.1) is 0 Å². The Morgan fingerprint density at radius 1 is 1.05 bits per heavy atom. The van der Waals surface area contributed by atoms with Gasteiger partial charge < -0.3 is 25.6 Å². The third-order valence-corrected chi connectivity index (χ3v) is 6.59. The van der Waals surface area contributed by atoms with Gasteiger partial charge in [-0.05, 0) is 85.8 Å². The minimum atomic E-state index is -5.30. The highest BCUT2D eigenvalue weighted by Gasteiger charge is 2.56. The van der Waals surface area contributed by atoms with E-state index in [9.17, 15) is 32.3 Å². The number of aromatic nitrogens is 1. The molecule has 0 bridgehead atoms. The van der Waals surface area contributed by atoms with Gasteiger partial charge in [0.25, 0.3) is 11.8 Å². The molecular formula is C27H27ClF4N4O5. The molecule has 2 amide bonds. The van der Waals surface area contributed by atoms with E-state index in [4.69, 9.17) is 27.0 Å². The van der Waals surface area contributed by atoms with Crippen molar-refractivity contribution in [2.75, 3.05) is 20.3 Å². The summed E-state index contributed by atoms with van der Waals surface area (Å²) in [5.41, 5.74) is -0.131. The molecule has 1 atom stereocenters. The van der Waals surface area contributed by atoms with Gasteiger partial charge in [0.05, 0.1) is 30.6 Å². The minimum absolute atomic E-state index is 0.00257. The number of hydrogen-bond donors (Lipinski definition) is 4. The number of halogens is 5. The number of carbonyl (C=O) groups is 2. The average molecular weight is 599 g/mol. The first-order chi connectivity index (χ1) is 19.1. The van der Waals surface area contributed by atoms with Crippen LogP contribution in [0.3, 0.4) is 0 Å². The first-order valence-electron chi connectivity index (χ1n) is 11.9. The molecular weight excluding hydrogens is 572 g/mol. The Bertz CT molecular complexity index is 1420. The standard InChI is InChI=1S/C27H27ClF4N4O5/c1-25(2,36-28)17-11-19(15-4-7-18(29)8-5-15)35-22(12-17)26(39,27(30,31)32)14-34-24(38)16-6-9-20(21(10-16)40-3)41-13-23(33)37/h4-12,36,39H,13-14H2,1-3H3,(H2,33,37)(H,34,38)/t26-/m1/s1. The third kappa shape index (κ3) is 7.23. The predicted molar refractivity (Wildman–Crippen MR) is 142 cm³/mol. The van der Waals surface area contributed by atoms with Crippen molar-refractivity contribution in [3.8, 4) is 22.8 Å². The molecule has 5 N–H and O–H groups in total. The Balaban J connectivity index is 2.01. The number of carbonyl (C=O) groups excluding carboxylic acids is 2. The van der Waals surface area contributed by atoms with Gasteiger partial charge >= 0.3 is 6.18 Å². The predicted octanol–water partition coefficient (Wildman–Crippen LogP) is 3.92. The maximum Gasteiger partial charge on any atom is 0.424 e. The molecule has 3 aromatic rings. The number of nitrogens with two attached hydrogens (primary N) is 1. The fraction of sp³-hybridized carbons (Fsp3) is 0.296. The van der Waals surface area contributed by atoms with E-state index in [0.717, 1.165) is 18.2 Å². The SMILES string of the molecule is COc1cc(C(=O)NC[C@@](O)(c2cc(C(C)(C)NCl)cc(-c3ccc(F)cc3)n2)C(F)(F)F)ccc1OCC(N)=O. The zero-order valence-electron chi connectivity index (χ0n) is 22.1. The molecule has 220 valence electrons. The van der Waals surface area contributed by atoms with Crippen LogP contribution in [0.2, 0.25) is 0 Å². The van der Waals surface area contributed by atoms with Gasteiger partial charge in [0, 0.05) is 11.1 Å². The van der Waals surface area contributed by atoms with Crippen molar-refractivity contribution in [3.05, 3.63) is 77.2 Å². The van der Waals surface area contributed by atoms with Crippen LogP contribution in [0.1, 0.15) is 35.5 Å². The van der Waals surface area contributed by atoms with E-state index in [1.807, 2.05) is 0 Å². The van der Waals surface area contributed by atoms with Gasteiger partial charge in [-0.25, -0.2) is 14.2 Å². The Morgan fingerprint density at radius 2 is 1.71 bits per heavy atom. The van der Waals surface area contributed by atoms with Crippen LogP contribution in [0.25, 0.3) is 11.3 Å². The summed E-state index contributed by atoms with van der Waals surface area (Å²) in [7, 11) is 1.26. The molecule has 0 saturated carbocycles. The molecule has 0 spiro atoms. The number of rotatable bonds is 11. The third-order valence-electron chi connectivity index (χ3n) is 6.12. The van der Waals surface area contributed by atoms with Gasteiger partial charge in [0.2, 0.25) is 5.60 Å². The second-order valence-corrected chi connectivity index (χ2v) is 9.70. The Hall–Kier alpha value is -3.94. The molecule has 0 fully saturated rings. The highest BCUT2D eigenvalue weighted by Crippen LogP contribution is 2.40. The van der Waals surface area contributed by atoms with Gasteiger partial charge in [-0.1, -0.05) is 0 Å². The number of ether oxygens (including phenoxy) is 2. The molecule has 0 radical (unpaired) electrons. The molecule has 9 nitrogen and oxygen atoms in total. The van der Waals surface area contributed by atoms with E-state index in [1.54, 1.807) is 13.8 Å². The quantitative estimate of drug-likeness (QED) is 0.194. The number of nitrogens with one attached hydrogen (secondary N) is 2. The first kappa shape index (κ1) is 31.6. The molecule has 0 aliphatic rings. The number of hydrogen-bond acceptors (Lipinski definition) is 7. The fourth-order valence-electron chi connectivity index (χ4n) is 3.65. The molecule has 0 saturated heterocycles. The van der Waals surface area contributed by atoms with E-state index in [0.29, 0.717) is 0 Å². The summed E-state index contributed by atoms with van der Waals surface area (Å²) in [6.45, 7) is 1.40. The number of methoxy groups -OCH3 is 1. The monoisotopic (exact) mass is 598 g/mol. The van der Waals surface area contributed by atoms with Crippen LogP contribution in [0, 0.1) is 5.82 Å². The molecule has 41 heavy (non-hydrogen) atoms. The molecule has 1 heterocycles. The Labute approximate surface area is 237 Å². The largest absolute Gasteiger partial charge is 0.493 e. The van der Waals surface area contributed by atoms with E-state index in [1.165, 1.54) is 43.5 Å². The van der Waals surface area contributed by atoms with Crippen LogP contribution in [0.5, 0.6) is 11.5 Å². The summed E-state index contributed by atoms with van der Waals surface area (Å²) in [4.78, 5) is 30.3. The van der Waals surface area contributed by atoms with Crippen LogP contribution >= 0.6 is 11.8 Å². The van der Waals surface area contributed by atoms with Crippen molar-refractivity contribution >= 4 is 23.6 Å². The van der Waals surface area contributed by atoms with Crippen LogP contribution in [0.15, 0.2) is 54.6 Å². The van der Waals surface area contributed by atoms with Crippen LogP contribution in [-0.4, -0.2) is 48.3 Å². The molecule has 2 aromatic carbocycles. The molecule has 3 rings (SSSR count). The van der Waals surface area contributed by atoms with Crippen molar-refractivity contribution in [2.45, 2.75) is 31.2 Å². The average Bonchev–Trinajstić information content (AvgIpc) is 2.93. The van der Waals surface area contributed by atoms with E-state index < -0.39 is 53.8 Å². The minimum Gasteiger partial charge on any atom is -0.493 e. The van der Waals surface area contributed by atoms with Gasteiger partial charge in [-0.2, -0.15) is 13.2 Å². The smallest absolute Gasteiger partial charge is 0.424 e. The van der Waals surface area contributed by atoms with E-state index >= 15 is 0 Å². The van der Waals surface area contributed by atoms with Crippen molar-refractivity contribution in [1.82, 2.24) is 15.1 Å². The zero-order chi connectivity index (χ0) is 30.6. The molecule has 14 heteroatoms. The zero-order valence-corrected chi connectivity index (χ0v) is 22.9. The second-order valence-electron chi connectivity index (χ2n) is 9.51. The number of nitrogens with zero attached hydrogens (tertiary/aromatic N) is 1. The Kier molecular flexibility index (Phi) is 9.47. The Morgan fingerprint density at radius 3 is 2.27 bits per heavy atom. The number of aliphatic hydroxyl groups is 1.